The first-order chi connectivity index (χ1) is 9.14. The van der Waals surface area contributed by atoms with Gasteiger partial charge in [0.25, 0.3) is 0 Å². The summed E-state index contributed by atoms with van der Waals surface area (Å²) in [5, 5.41) is 15.1. The highest BCUT2D eigenvalue weighted by molar-refractivity contribution is 5.43. The molecule has 0 aliphatic rings. The van der Waals surface area contributed by atoms with Gasteiger partial charge in [-0.05, 0) is 19.8 Å². The van der Waals surface area contributed by atoms with Gasteiger partial charge >= 0.3 is 0 Å². The Balaban J connectivity index is 2.88. The predicted octanol–water partition coefficient (Wildman–Crippen LogP) is 0.800. The minimum atomic E-state index is 0.139. The van der Waals surface area contributed by atoms with Crippen molar-refractivity contribution in [3.8, 4) is 0 Å². The van der Waals surface area contributed by atoms with Gasteiger partial charge < -0.3 is 20.6 Å². The van der Waals surface area contributed by atoms with Crippen molar-refractivity contribution in [3.63, 3.8) is 0 Å². The number of rotatable bonds is 8. The number of hydrogen-bond donors (Lipinski definition) is 3. The summed E-state index contributed by atoms with van der Waals surface area (Å²) in [5.74, 6) is 1.88. The zero-order valence-corrected chi connectivity index (χ0v) is 12.1. The lowest BCUT2D eigenvalue weighted by Crippen LogP contribution is -2.26. The Labute approximate surface area is 114 Å². The Morgan fingerprint density at radius 1 is 1.16 bits per heavy atom. The van der Waals surface area contributed by atoms with Gasteiger partial charge in [0.05, 0.1) is 0 Å². The van der Waals surface area contributed by atoms with Crippen molar-refractivity contribution in [3.05, 3.63) is 0 Å². The molecule has 0 saturated heterocycles. The van der Waals surface area contributed by atoms with Crippen LogP contribution in [0.3, 0.4) is 0 Å². The summed E-state index contributed by atoms with van der Waals surface area (Å²) < 4.78 is 0. The van der Waals surface area contributed by atoms with E-state index >= 15 is 0 Å². The summed E-state index contributed by atoms with van der Waals surface area (Å²) in [6.07, 6.45) is 0. The van der Waals surface area contributed by atoms with Crippen molar-refractivity contribution in [2.24, 2.45) is 5.92 Å². The molecule has 1 atom stereocenters. The van der Waals surface area contributed by atoms with Crippen molar-refractivity contribution >= 4 is 17.8 Å². The van der Waals surface area contributed by atoms with Gasteiger partial charge in [-0.15, -0.1) is 0 Å². The van der Waals surface area contributed by atoms with Gasteiger partial charge in [-0.1, -0.05) is 6.92 Å². The first-order valence-corrected chi connectivity index (χ1v) is 6.68. The molecule has 0 aliphatic heterocycles. The summed E-state index contributed by atoms with van der Waals surface area (Å²) in [4.78, 5) is 15.1. The van der Waals surface area contributed by atoms with E-state index in [-0.39, 0.29) is 12.5 Å². The van der Waals surface area contributed by atoms with Crippen molar-refractivity contribution in [1.82, 2.24) is 15.0 Å². The highest BCUT2D eigenvalue weighted by atomic mass is 16.3. The van der Waals surface area contributed by atoms with Crippen LogP contribution in [0.15, 0.2) is 0 Å². The van der Waals surface area contributed by atoms with Crippen molar-refractivity contribution in [2.45, 2.75) is 20.8 Å². The fraction of sp³-hybridized carbons (Fsp3) is 0.750. The maximum Gasteiger partial charge on any atom is 0.231 e. The van der Waals surface area contributed by atoms with Crippen LogP contribution in [-0.4, -0.2) is 53.3 Å². The van der Waals surface area contributed by atoms with Gasteiger partial charge in [-0.3, -0.25) is 0 Å². The Morgan fingerprint density at radius 3 is 2.32 bits per heavy atom. The quantitative estimate of drug-likeness (QED) is 0.643. The molecule has 1 aromatic rings. The molecule has 19 heavy (non-hydrogen) atoms. The molecule has 0 aliphatic carbocycles. The second-order valence-corrected chi connectivity index (χ2v) is 4.37. The monoisotopic (exact) mass is 268 g/mol. The number of aromatic nitrogens is 3. The van der Waals surface area contributed by atoms with Crippen LogP contribution >= 0.6 is 0 Å². The minimum absolute atomic E-state index is 0.139. The lowest BCUT2D eigenvalue weighted by molar-refractivity contribution is 0.244. The number of hydrogen-bond acceptors (Lipinski definition) is 7. The molecule has 7 heteroatoms. The molecule has 0 fully saturated rings. The lowest BCUT2D eigenvalue weighted by atomic mass is 10.2. The van der Waals surface area contributed by atoms with Gasteiger partial charge in [0.15, 0.2) is 0 Å². The summed E-state index contributed by atoms with van der Waals surface area (Å²) in [5.41, 5.74) is 0. The highest BCUT2D eigenvalue weighted by Crippen LogP contribution is 2.13. The molecule has 7 nitrogen and oxygen atoms in total. The molecule has 0 amide bonds. The third-order valence-electron chi connectivity index (χ3n) is 2.81. The van der Waals surface area contributed by atoms with E-state index in [1.807, 2.05) is 6.92 Å². The molecular weight excluding hydrogens is 244 g/mol. The molecule has 1 rings (SSSR count). The molecule has 0 spiro atoms. The first-order valence-electron chi connectivity index (χ1n) is 6.68. The third-order valence-corrected chi connectivity index (χ3v) is 2.81. The van der Waals surface area contributed by atoms with E-state index < -0.39 is 0 Å². The van der Waals surface area contributed by atoms with Crippen LogP contribution in [-0.2, 0) is 0 Å². The Kier molecular flexibility index (Phi) is 6.27. The van der Waals surface area contributed by atoms with Crippen LogP contribution in [0.1, 0.15) is 20.8 Å². The van der Waals surface area contributed by atoms with E-state index in [9.17, 15) is 0 Å². The number of aliphatic hydroxyl groups excluding tert-OH is 1. The number of nitrogens with one attached hydrogen (secondary N) is 2. The number of anilines is 3. The van der Waals surface area contributed by atoms with E-state index in [0.717, 1.165) is 13.1 Å². The normalized spacial score (nSPS) is 12.1. The van der Waals surface area contributed by atoms with Crippen molar-refractivity contribution in [2.75, 3.05) is 48.8 Å². The van der Waals surface area contributed by atoms with E-state index in [0.29, 0.717) is 24.4 Å². The molecule has 1 aromatic heterocycles. The SMILES string of the molecule is CCN(CC)c1nc(NC)nc(NCC(C)CO)n1. The van der Waals surface area contributed by atoms with Gasteiger partial charge in [0.2, 0.25) is 17.8 Å². The molecule has 108 valence electrons. The highest BCUT2D eigenvalue weighted by Gasteiger charge is 2.11. The standard InChI is InChI=1S/C12H24N6O/c1-5-18(6-2)12-16-10(13-4)15-11(17-12)14-7-9(3)8-19/h9,19H,5-8H2,1-4H3,(H2,13,14,15,16,17). The molecular formula is C12H24N6O. The zero-order valence-electron chi connectivity index (χ0n) is 12.1. The molecule has 3 N–H and O–H groups in total. The van der Waals surface area contributed by atoms with Gasteiger partial charge in [-0.25, -0.2) is 0 Å². The molecule has 0 saturated carbocycles. The maximum absolute atomic E-state index is 9.02. The largest absolute Gasteiger partial charge is 0.396 e. The van der Waals surface area contributed by atoms with Crippen LogP contribution in [0.2, 0.25) is 0 Å². The fourth-order valence-corrected chi connectivity index (χ4v) is 1.53. The summed E-state index contributed by atoms with van der Waals surface area (Å²) in [6.45, 7) is 8.53. The predicted molar refractivity (Wildman–Crippen MR) is 77.7 cm³/mol. The van der Waals surface area contributed by atoms with Gasteiger partial charge in [-0.2, -0.15) is 15.0 Å². The average Bonchev–Trinajstić information content (AvgIpc) is 2.45. The fourth-order valence-electron chi connectivity index (χ4n) is 1.53. The third kappa shape index (κ3) is 4.51. The summed E-state index contributed by atoms with van der Waals surface area (Å²) >= 11 is 0. The number of aliphatic hydroxyl groups is 1. The molecule has 0 aromatic carbocycles. The van der Waals surface area contributed by atoms with Crippen LogP contribution < -0.4 is 15.5 Å². The second kappa shape index (κ2) is 7.73. The topological polar surface area (TPSA) is 86.2 Å². The maximum atomic E-state index is 9.02. The van der Waals surface area contributed by atoms with E-state index in [4.69, 9.17) is 5.11 Å². The van der Waals surface area contributed by atoms with Crippen LogP contribution in [0.5, 0.6) is 0 Å². The summed E-state index contributed by atoms with van der Waals surface area (Å²) in [6, 6.07) is 0. The molecule has 1 unspecified atom stereocenters. The van der Waals surface area contributed by atoms with Crippen LogP contribution in [0, 0.1) is 5.92 Å². The first kappa shape index (κ1) is 15.4. The van der Waals surface area contributed by atoms with Gasteiger partial charge in [0, 0.05) is 33.3 Å². The summed E-state index contributed by atoms with van der Waals surface area (Å²) in [7, 11) is 1.78. The zero-order chi connectivity index (χ0) is 14.3. The van der Waals surface area contributed by atoms with E-state index in [1.165, 1.54) is 0 Å². The van der Waals surface area contributed by atoms with Crippen molar-refractivity contribution < 1.29 is 5.11 Å². The second-order valence-electron chi connectivity index (χ2n) is 4.37. The van der Waals surface area contributed by atoms with Crippen LogP contribution in [0.4, 0.5) is 17.8 Å². The molecule has 0 bridgehead atoms. The smallest absolute Gasteiger partial charge is 0.231 e. The van der Waals surface area contributed by atoms with E-state index in [1.54, 1.807) is 7.05 Å². The molecule has 0 radical (unpaired) electrons. The number of nitrogens with zero attached hydrogens (tertiary/aromatic N) is 4. The molecule has 1 heterocycles. The van der Waals surface area contributed by atoms with E-state index in [2.05, 4.69) is 44.3 Å². The van der Waals surface area contributed by atoms with Crippen molar-refractivity contribution in [1.29, 1.82) is 0 Å². The minimum Gasteiger partial charge on any atom is -0.396 e. The lowest BCUT2D eigenvalue weighted by Gasteiger charge is -2.19. The Hall–Kier alpha value is -1.63. The van der Waals surface area contributed by atoms with Gasteiger partial charge in [0.1, 0.15) is 0 Å². The van der Waals surface area contributed by atoms with Crippen LogP contribution in [0.25, 0.3) is 0 Å². The Bertz CT molecular complexity index is 382. The average molecular weight is 268 g/mol. The Morgan fingerprint density at radius 2 is 1.79 bits per heavy atom.